The van der Waals surface area contributed by atoms with Gasteiger partial charge < -0.3 is 5.32 Å². The first-order valence-corrected chi connectivity index (χ1v) is 7.55. The van der Waals surface area contributed by atoms with E-state index in [1.807, 2.05) is 0 Å². The van der Waals surface area contributed by atoms with Gasteiger partial charge in [-0.3, -0.25) is 0 Å². The van der Waals surface area contributed by atoms with Crippen LogP contribution in [0.5, 0.6) is 0 Å². The maximum atomic E-state index is 4.59. The standard InChI is InChI=1S/C14H17BrN2S/c1-8-5-6-12(7-13(8)15)16-9(2)14-10(3)18-11(4)17-14/h5-7,9,16H,1-4H3. The van der Waals surface area contributed by atoms with Gasteiger partial charge in [0.25, 0.3) is 0 Å². The fourth-order valence-corrected chi connectivity index (χ4v) is 3.24. The summed E-state index contributed by atoms with van der Waals surface area (Å²) in [6.45, 7) is 8.42. The van der Waals surface area contributed by atoms with Gasteiger partial charge in [-0.05, 0) is 45.4 Å². The van der Waals surface area contributed by atoms with Crippen molar-refractivity contribution in [1.29, 1.82) is 0 Å². The Morgan fingerprint density at radius 1 is 1.28 bits per heavy atom. The molecular weight excluding hydrogens is 308 g/mol. The molecule has 0 spiro atoms. The van der Waals surface area contributed by atoms with E-state index >= 15 is 0 Å². The first-order chi connectivity index (χ1) is 8.47. The second-order valence-electron chi connectivity index (χ2n) is 4.50. The third kappa shape index (κ3) is 2.93. The van der Waals surface area contributed by atoms with Crippen molar-refractivity contribution in [2.75, 3.05) is 5.32 Å². The Bertz CT molecular complexity index is 563. The van der Waals surface area contributed by atoms with Crippen molar-refractivity contribution in [3.05, 3.63) is 43.8 Å². The van der Waals surface area contributed by atoms with Gasteiger partial charge in [-0.1, -0.05) is 22.0 Å². The van der Waals surface area contributed by atoms with Crippen LogP contribution in [0.1, 0.15) is 34.1 Å². The van der Waals surface area contributed by atoms with Crippen LogP contribution < -0.4 is 5.32 Å². The van der Waals surface area contributed by atoms with Crippen LogP contribution in [-0.2, 0) is 0 Å². The highest BCUT2D eigenvalue weighted by Gasteiger charge is 2.13. The van der Waals surface area contributed by atoms with Crippen molar-refractivity contribution in [1.82, 2.24) is 4.98 Å². The SMILES string of the molecule is Cc1nc(C(C)Nc2ccc(C)c(Br)c2)c(C)s1. The largest absolute Gasteiger partial charge is 0.377 e. The second kappa shape index (κ2) is 5.41. The third-order valence-electron chi connectivity index (χ3n) is 2.90. The summed E-state index contributed by atoms with van der Waals surface area (Å²) in [5, 5.41) is 4.62. The zero-order chi connectivity index (χ0) is 13.3. The lowest BCUT2D eigenvalue weighted by Crippen LogP contribution is -2.08. The Balaban J connectivity index is 2.18. The lowest BCUT2D eigenvalue weighted by molar-refractivity contribution is 0.837. The minimum atomic E-state index is 0.226. The molecule has 0 saturated heterocycles. The van der Waals surface area contributed by atoms with Gasteiger partial charge in [0.15, 0.2) is 0 Å². The van der Waals surface area contributed by atoms with Crippen LogP contribution in [0.25, 0.3) is 0 Å². The predicted octanol–water partition coefficient (Wildman–Crippen LogP) is 5.00. The van der Waals surface area contributed by atoms with Crippen molar-refractivity contribution in [2.24, 2.45) is 0 Å². The molecule has 0 amide bonds. The summed E-state index contributed by atoms with van der Waals surface area (Å²) in [5.74, 6) is 0. The molecule has 1 heterocycles. The normalized spacial score (nSPS) is 12.5. The Morgan fingerprint density at radius 2 is 2.00 bits per heavy atom. The minimum absolute atomic E-state index is 0.226. The summed E-state index contributed by atoms with van der Waals surface area (Å²) in [5.41, 5.74) is 3.51. The number of nitrogens with zero attached hydrogens (tertiary/aromatic N) is 1. The molecule has 1 unspecified atom stereocenters. The lowest BCUT2D eigenvalue weighted by atomic mass is 10.2. The summed E-state index contributed by atoms with van der Waals surface area (Å²) in [4.78, 5) is 5.88. The maximum absolute atomic E-state index is 4.59. The quantitative estimate of drug-likeness (QED) is 0.858. The van der Waals surface area contributed by atoms with Gasteiger partial charge in [0.2, 0.25) is 0 Å². The number of rotatable bonds is 3. The number of nitrogens with one attached hydrogen (secondary N) is 1. The lowest BCUT2D eigenvalue weighted by Gasteiger charge is -2.15. The van der Waals surface area contributed by atoms with Crippen molar-refractivity contribution >= 4 is 33.0 Å². The van der Waals surface area contributed by atoms with E-state index in [4.69, 9.17) is 0 Å². The Hall–Kier alpha value is -0.870. The summed E-state index contributed by atoms with van der Waals surface area (Å²) < 4.78 is 1.13. The van der Waals surface area contributed by atoms with E-state index < -0.39 is 0 Å². The van der Waals surface area contributed by atoms with Gasteiger partial charge in [0.05, 0.1) is 16.7 Å². The number of thiazole rings is 1. The molecule has 2 rings (SSSR count). The number of benzene rings is 1. The van der Waals surface area contributed by atoms with Crippen LogP contribution >= 0.6 is 27.3 Å². The molecule has 0 bridgehead atoms. The predicted molar refractivity (Wildman–Crippen MR) is 82.5 cm³/mol. The molecule has 1 N–H and O–H groups in total. The van der Waals surface area contributed by atoms with Crippen LogP contribution in [0.2, 0.25) is 0 Å². The van der Waals surface area contributed by atoms with Crippen LogP contribution in [0.15, 0.2) is 22.7 Å². The fraction of sp³-hybridized carbons (Fsp3) is 0.357. The molecule has 1 aromatic heterocycles. The van der Waals surface area contributed by atoms with Gasteiger partial charge >= 0.3 is 0 Å². The van der Waals surface area contributed by atoms with E-state index in [9.17, 15) is 0 Å². The fourth-order valence-electron chi connectivity index (χ4n) is 1.95. The number of hydrogen-bond acceptors (Lipinski definition) is 3. The Labute approximate surface area is 121 Å². The molecule has 0 saturated carbocycles. The number of hydrogen-bond donors (Lipinski definition) is 1. The summed E-state index contributed by atoms with van der Waals surface area (Å²) in [6, 6.07) is 6.55. The topological polar surface area (TPSA) is 24.9 Å². The van der Waals surface area contributed by atoms with E-state index in [1.54, 1.807) is 11.3 Å². The van der Waals surface area contributed by atoms with Gasteiger partial charge in [-0.25, -0.2) is 4.98 Å². The van der Waals surface area contributed by atoms with Gasteiger partial charge in [-0.15, -0.1) is 11.3 Å². The molecule has 4 heteroatoms. The zero-order valence-electron chi connectivity index (χ0n) is 11.0. The van der Waals surface area contributed by atoms with Crippen LogP contribution in [0.4, 0.5) is 5.69 Å². The Morgan fingerprint density at radius 3 is 2.56 bits per heavy atom. The minimum Gasteiger partial charge on any atom is -0.377 e. The second-order valence-corrected chi connectivity index (χ2v) is 6.77. The highest BCUT2D eigenvalue weighted by molar-refractivity contribution is 9.10. The smallest absolute Gasteiger partial charge is 0.0901 e. The summed E-state index contributed by atoms with van der Waals surface area (Å²) in [7, 11) is 0. The highest BCUT2D eigenvalue weighted by atomic mass is 79.9. The maximum Gasteiger partial charge on any atom is 0.0901 e. The van der Waals surface area contributed by atoms with Crippen molar-refractivity contribution in [3.8, 4) is 0 Å². The van der Waals surface area contributed by atoms with Crippen molar-refractivity contribution in [2.45, 2.75) is 33.7 Å². The molecule has 96 valence electrons. The third-order valence-corrected chi connectivity index (χ3v) is 4.66. The van der Waals surface area contributed by atoms with E-state index in [1.165, 1.54) is 10.4 Å². The van der Waals surface area contributed by atoms with Crippen LogP contribution in [-0.4, -0.2) is 4.98 Å². The van der Waals surface area contributed by atoms with Gasteiger partial charge in [0, 0.05) is 15.0 Å². The van der Waals surface area contributed by atoms with E-state index in [2.05, 4.69) is 72.1 Å². The molecule has 2 nitrogen and oxygen atoms in total. The molecule has 0 aliphatic rings. The number of anilines is 1. The zero-order valence-corrected chi connectivity index (χ0v) is 13.4. The van der Waals surface area contributed by atoms with Gasteiger partial charge in [0.1, 0.15) is 0 Å². The van der Waals surface area contributed by atoms with Crippen LogP contribution in [0, 0.1) is 20.8 Å². The molecule has 0 radical (unpaired) electrons. The molecule has 1 aromatic carbocycles. The number of aromatic nitrogens is 1. The molecule has 1 atom stereocenters. The van der Waals surface area contributed by atoms with E-state index in [0.717, 1.165) is 20.9 Å². The molecule has 0 aliphatic carbocycles. The molecule has 18 heavy (non-hydrogen) atoms. The molecule has 2 aromatic rings. The Kier molecular flexibility index (Phi) is 4.07. The van der Waals surface area contributed by atoms with Crippen LogP contribution in [0.3, 0.4) is 0 Å². The average molecular weight is 325 g/mol. The van der Waals surface area contributed by atoms with Gasteiger partial charge in [-0.2, -0.15) is 0 Å². The molecule has 0 fully saturated rings. The van der Waals surface area contributed by atoms with Crippen molar-refractivity contribution < 1.29 is 0 Å². The van der Waals surface area contributed by atoms with E-state index in [-0.39, 0.29) is 6.04 Å². The summed E-state index contributed by atoms with van der Waals surface area (Å²) >= 11 is 5.31. The number of aryl methyl sites for hydroxylation is 3. The first kappa shape index (κ1) is 13.6. The highest BCUT2D eigenvalue weighted by Crippen LogP contribution is 2.27. The van der Waals surface area contributed by atoms with Crippen molar-refractivity contribution in [3.63, 3.8) is 0 Å². The summed E-state index contributed by atoms with van der Waals surface area (Å²) in [6.07, 6.45) is 0. The average Bonchev–Trinajstić information content (AvgIpc) is 2.63. The first-order valence-electron chi connectivity index (χ1n) is 5.94. The molecular formula is C14H17BrN2S. The van der Waals surface area contributed by atoms with E-state index in [0.29, 0.717) is 0 Å². The molecule has 0 aliphatic heterocycles. The monoisotopic (exact) mass is 324 g/mol. The number of halogens is 1.